The minimum Gasteiger partial charge on any atom is -0.497 e. The van der Waals surface area contributed by atoms with Gasteiger partial charge in [0.15, 0.2) is 9.84 Å². The van der Waals surface area contributed by atoms with Crippen molar-refractivity contribution < 1.29 is 17.9 Å². The van der Waals surface area contributed by atoms with Crippen LogP contribution in [0.2, 0.25) is 0 Å². The number of hydrogen-bond donors (Lipinski definition) is 1. The van der Waals surface area contributed by atoms with E-state index < -0.39 is 15.8 Å². The first-order valence-corrected chi connectivity index (χ1v) is 8.89. The molecule has 0 fully saturated rings. The number of hydrogen-bond acceptors (Lipinski definition) is 4. The van der Waals surface area contributed by atoms with Gasteiger partial charge in [-0.25, -0.2) is 8.42 Å². The molecule has 6 heteroatoms. The molecule has 0 spiro atoms. The number of carbonyl (C=O) groups excluding carboxylic acids is 1. The van der Waals surface area contributed by atoms with E-state index >= 15 is 0 Å². The molecule has 0 heterocycles. The van der Waals surface area contributed by atoms with Gasteiger partial charge >= 0.3 is 0 Å². The zero-order valence-corrected chi connectivity index (χ0v) is 13.6. The predicted molar refractivity (Wildman–Crippen MR) is 86.8 cm³/mol. The average Bonchev–Trinajstić information content (AvgIpc) is 2.50. The van der Waals surface area contributed by atoms with Crippen molar-refractivity contribution in [2.75, 3.05) is 19.2 Å². The van der Waals surface area contributed by atoms with Crippen LogP contribution in [-0.4, -0.2) is 33.6 Å². The third kappa shape index (κ3) is 3.98. The Kier molecular flexibility index (Phi) is 4.71. The van der Waals surface area contributed by atoms with E-state index in [9.17, 15) is 13.2 Å². The highest BCUT2D eigenvalue weighted by molar-refractivity contribution is 7.90. The van der Waals surface area contributed by atoms with E-state index in [4.69, 9.17) is 4.74 Å². The molecule has 22 heavy (non-hydrogen) atoms. The second kappa shape index (κ2) is 6.36. The second-order valence-electron chi connectivity index (χ2n) is 5.31. The summed E-state index contributed by atoms with van der Waals surface area (Å²) in [5, 5.41) is 4.46. The lowest BCUT2D eigenvalue weighted by atomic mass is 9.97. The van der Waals surface area contributed by atoms with E-state index in [2.05, 4.69) is 5.32 Å². The lowest BCUT2D eigenvalue weighted by Gasteiger charge is -2.13. The maximum absolute atomic E-state index is 12.0. The number of amides is 1. The standard InChI is InChI=1S/C16H19NO4S/c1-11(16(18)17-10-22(3,19)20)12-4-5-14-9-15(21-2)7-6-13(14)8-12/h4-9,11H,10H2,1-3H3,(H,17,18). The molecule has 5 nitrogen and oxygen atoms in total. The smallest absolute Gasteiger partial charge is 0.228 e. The van der Waals surface area contributed by atoms with Crippen LogP contribution < -0.4 is 10.1 Å². The van der Waals surface area contributed by atoms with Crippen molar-refractivity contribution in [2.45, 2.75) is 12.8 Å². The number of carbonyl (C=O) groups is 1. The molecule has 1 N–H and O–H groups in total. The summed E-state index contributed by atoms with van der Waals surface area (Å²) >= 11 is 0. The fourth-order valence-corrected chi connectivity index (χ4v) is 2.55. The fraction of sp³-hybridized carbons (Fsp3) is 0.312. The van der Waals surface area contributed by atoms with Crippen LogP contribution in [0.3, 0.4) is 0 Å². The van der Waals surface area contributed by atoms with Crippen LogP contribution in [-0.2, 0) is 14.6 Å². The number of methoxy groups -OCH3 is 1. The number of sulfone groups is 1. The van der Waals surface area contributed by atoms with Gasteiger partial charge < -0.3 is 10.1 Å². The summed E-state index contributed by atoms with van der Waals surface area (Å²) in [6.07, 6.45) is 1.08. The highest BCUT2D eigenvalue weighted by Gasteiger charge is 2.16. The highest BCUT2D eigenvalue weighted by atomic mass is 32.2. The number of nitrogens with one attached hydrogen (secondary N) is 1. The van der Waals surface area contributed by atoms with Gasteiger partial charge in [-0.05, 0) is 35.4 Å². The van der Waals surface area contributed by atoms with Crippen molar-refractivity contribution in [3.63, 3.8) is 0 Å². The van der Waals surface area contributed by atoms with Crippen molar-refractivity contribution >= 4 is 26.5 Å². The van der Waals surface area contributed by atoms with Gasteiger partial charge in [0.25, 0.3) is 0 Å². The molecule has 118 valence electrons. The maximum Gasteiger partial charge on any atom is 0.228 e. The van der Waals surface area contributed by atoms with Crippen molar-refractivity contribution in [1.82, 2.24) is 5.32 Å². The third-order valence-corrected chi connectivity index (χ3v) is 4.14. The van der Waals surface area contributed by atoms with Crippen LogP contribution in [0.5, 0.6) is 5.75 Å². The molecule has 1 amide bonds. The van der Waals surface area contributed by atoms with E-state index in [1.165, 1.54) is 0 Å². The average molecular weight is 321 g/mol. The monoisotopic (exact) mass is 321 g/mol. The van der Waals surface area contributed by atoms with Gasteiger partial charge in [0, 0.05) is 6.26 Å². The maximum atomic E-state index is 12.0. The topological polar surface area (TPSA) is 72.5 Å². The molecule has 0 aliphatic heterocycles. The summed E-state index contributed by atoms with van der Waals surface area (Å²) in [4.78, 5) is 12.0. The number of fused-ring (bicyclic) bond motifs is 1. The molecule has 0 saturated heterocycles. The molecule has 0 aromatic heterocycles. The van der Waals surface area contributed by atoms with Gasteiger partial charge in [-0.3, -0.25) is 4.79 Å². The largest absolute Gasteiger partial charge is 0.497 e. The quantitative estimate of drug-likeness (QED) is 0.915. The number of rotatable bonds is 5. The lowest BCUT2D eigenvalue weighted by molar-refractivity contribution is -0.121. The fourth-order valence-electron chi connectivity index (χ4n) is 2.15. The summed E-state index contributed by atoms with van der Waals surface area (Å²) in [6, 6.07) is 11.4. The zero-order chi connectivity index (χ0) is 16.3. The Morgan fingerprint density at radius 2 is 1.82 bits per heavy atom. The van der Waals surface area contributed by atoms with Crippen LogP contribution in [0.15, 0.2) is 36.4 Å². The van der Waals surface area contributed by atoms with E-state index in [0.717, 1.165) is 28.3 Å². The van der Waals surface area contributed by atoms with Crippen molar-refractivity contribution in [1.29, 1.82) is 0 Å². The van der Waals surface area contributed by atoms with Gasteiger partial charge in [-0.15, -0.1) is 0 Å². The molecular formula is C16H19NO4S. The summed E-state index contributed by atoms with van der Waals surface area (Å²) in [6.45, 7) is 1.75. The molecular weight excluding hydrogens is 302 g/mol. The van der Waals surface area contributed by atoms with Crippen LogP contribution in [0, 0.1) is 0 Å². The van der Waals surface area contributed by atoms with Crippen molar-refractivity contribution in [3.05, 3.63) is 42.0 Å². The van der Waals surface area contributed by atoms with Gasteiger partial charge in [0.1, 0.15) is 11.6 Å². The molecule has 0 radical (unpaired) electrons. The van der Waals surface area contributed by atoms with E-state index in [0.29, 0.717) is 0 Å². The summed E-state index contributed by atoms with van der Waals surface area (Å²) in [5.74, 6) is -0.299. The van der Waals surface area contributed by atoms with Gasteiger partial charge in [-0.2, -0.15) is 0 Å². The minimum absolute atomic E-state index is 0.307. The molecule has 0 aliphatic carbocycles. The molecule has 0 aliphatic rings. The Morgan fingerprint density at radius 1 is 1.18 bits per heavy atom. The first-order valence-electron chi connectivity index (χ1n) is 6.83. The first-order chi connectivity index (χ1) is 10.3. The first kappa shape index (κ1) is 16.3. The Hall–Kier alpha value is -2.08. The third-order valence-electron chi connectivity index (χ3n) is 3.47. The molecule has 2 aromatic rings. The van der Waals surface area contributed by atoms with Crippen molar-refractivity contribution in [3.8, 4) is 5.75 Å². The van der Waals surface area contributed by atoms with Gasteiger partial charge in [0.05, 0.1) is 13.0 Å². The molecule has 0 saturated carbocycles. The number of benzene rings is 2. The van der Waals surface area contributed by atoms with E-state index in [1.54, 1.807) is 14.0 Å². The summed E-state index contributed by atoms with van der Waals surface area (Å²) < 4.78 is 27.4. The Labute approximate surface area is 130 Å². The van der Waals surface area contributed by atoms with Crippen LogP contribution >= 0.6 is 0 Å². The van der Waals surface area contributed by atoms with Crippen LogP contribution in [0.25, 0.3) is 10.8 Å². The molecule has 2 rings (SSSR count). The SMILES string of the molecule is COc1ccc2cc(C(C)C(=O)NCS(C)(=O)=O)ccc2c1. The van der Waals surface area contributed by atoms with Crippen molar-refractivity contribution in [2.24, 2.45) is 0 Å². The Bertz CT molecular complexity index is 799. The van der Waals surface area contributed by atoms with Crippen LogP contribution in [0.1, 0.15) is 18.4 Å². The highest BCUT2D eigenvalue weighted by Crippen LogP contribution is 2.25. The summed E-state index contributed by atoms with van der Waals surface area (Å²) in [7, 11) is -1.61. The minimum atomic E-state index is -3.22. The normalized spacial score (nSPS) is 12.9. The second-order valence-corrected chi connectivity index (χ2v) is 7.45. The molecule has 1 unspecified atom stereocenters. The zero-order valence-electron chi connectivity index (χ0n) is 12.8. The molecule has 0 bridgehead atoms. The van der Waals surface area contributed by atoms with E-state index in [1.807, 2.05) is 36.4 Å². The Balaban J connectivity index is 2.21. The van der Waals surface area contributed by atoms with Gasteiger partial charge in [0.2, 0.25) is 5.91 Å². The Morgan fingerprint density at radius 3 is 2.45 bits per heavy atom. The predicted octanol–water partition coefficient (Wildman–Crippen LogP) is 2.07. The lowest BCUT2D eigenvalue weighted by Crippen LogP contribution is -2.32. The van der Waals surface area contributed by atoms with Gasteiger partial charge in [-0.1, -0.05) is 24.3 Å². The number of ether oxygens (including phenoxy) is 1. The van der Waals surface area contributed by atoms with Crippen LogP contribution in [0.4, 0.5) is 0 Å². The summed E-state index contributed by atoms with van der Waals surface area (Å²) in [5.41, 5.74) is 0.837. The van der Waals surface area contributed by atoms with E-state index in [-0.39, 0.29) is 11.8 Å². The molecule has 2 aromatic carbocycles. The molecule has 1 atom stereocenters.